The highest BCUT2D eigenvalue weighted by Gasteiger charge is 2.53. The van der Waals surface area contributed by atoms with E-state index < -0.39 is 41.5 Å². The van der Waals surface area contributed by atoms with Gasteiger partial charge < -0.3 is 61.1 Å². The first-order chi connectivity index (χ1) is 66.5. The molecule has 6 aromatic rings. The number of ether oxygens (including phenoxy) is 3. The molecular formula is C97H131B15F3N8O16S2. The number of alkyl carbamates (subject to hydrolysis) is 3. The topological polar surface area (TPSA) is 340 Å². The number of hydrogen-bond acceptors (Lipinski definition) is 20. The predicted octanol–water partition coefficient (Wildman–Crippen LogP) is 9.20. The molecule has 141 heavy (non-hydrogen) atoms. The van der Waals surface area contributed by atoms with E-state index in [1.165, 1.54) is 95.1 Å². The minimum Gasteiger partial charge on any atom is -0.453 e. The molecule has 44 heteroatoms. The number of amides is 3. The van der Waals surface area contributed by atoms with Crippen LogP contribution in [0.5, 0.6) is 0 Å². The third kappa shape index (κ3) is 37.9. The Morgan fingerprint density at radius 1 is 0.475 bits per heavy atom. The summed E-state index contributed by atoms with van der Waals surface area (Å²) in [6.07, 6.45) is 18.5. The number of benzene rings is 6. The molecule has 5 aliphatic carbocycles. The molecule has 0 unspecified atom stereocenters. The maximum Gasteiger partial charge on any atom is 0.407 e. The van der Waals surface area contributed by atoms with Crippen molar-refractivity contribution in [3.05, 3.63) is 191 Å². The summed E-state index contributed by atoms with van der Waals surface area (Å²) in [7, 11) is 50.7. The molecule has 10 aliphatic rings. The molecule has 5 heterocycles. The van der Waals surface area contributed by atoms with Crippen molar-refractivity contribution in [3.63, 3.8) is 0 Å². The fourth-order valence-corrected chi connectivity index (χ4v) is 24.1. The van der Waals surface area contributed by atoms with E-state index in [1.54, 1.807) is 30.3 Å². The standard InChI is InChI=1S/C33H44FN3O4S.C27H35FN2O2.C20H29FN2O2.C14H19NS.3CO2.B6.B5.B4.2H2O/c1-33(25-5-3-6-26(34)19-25,30-7-4-8-31(30)35-32(38)41-2)24-15-17-36(18-16-24)20-23-21-37(22-23)27-9-11-28(12-10-27)42(39,40)29-13-14-29;1-27(22-10-6-11-23(28)18-22,24-12-7-13-25(24)29-26(31)32-2)21-14-16-30(17-15-21)19-20-8-4-3-5-9-20;1-20(14-9-11-22-12-10-14,15-5-3-6-16(21)13-15)17-7-4-8-18(17)23-19(24)25-2;1-2-11-9-15(10-11)12-3-5-13(6-4-12)16-14-7-8-14;3*2-1-3;1-5(2)6(3)4;1-4-5(2)3;1-4(2)3;;/h3,5-6,9-12,19,23-24,29-31H,4,7-8,13-18,20-22H2,1-2H3,(H,35,38);3-6,8-11,18,21,24-25H,7,12-17,19H2,1-2H3,(H,29,31);3,5-6,13-14,17-18,22H,4,7-12H2,1-2H3,(H,23,24);3-6,11,14H,2,7-10H2,1H3;;;;;;;2*1H2/t30-,31-,33-;24-,25-,27-;17-,18-,20-;;;;;;;;;/m000........./s1. The number of anilines is 2. The van der Waals surface area contributed by atoms with Crippen LogP contribution in [-0.2, 0) is 75.6 Å². The number of halogens is 3. The average molecular weight is 1950 g/mol. The first-order valence-electron chi connectivity index (χ1n) is 48.4. The van der Waals surface area contributed by atoms with Crippen LogP contribution >= 0.6 is 11.8 Å². The van der Waals surface area contributed by atoms with Gasteiger partial charge in [0.05, 0.1) is 31.5 Å². The quantitative estimate of drug-likeness (QED) is 0.0306. The number of piperidine rings is 3. The second kappa shape index (κ2) is 62.5. The van der Waals surface area contributed by atoms with Crippen molar-refractivity contribution < 1.29 is 89.9 Å². The van der Waals surface area contributed by atoms with Crippen molar-refractivity contribution in [1.29, 1.82) is 0 Å². The highest BCUT2D eigenvalue weighted by Crippen LogP contribution is 2.54. The van der Waals surface area contributed by atoms with Gasteiger partial charge >= 0.3 is 36.7 Å². The largest absolute Gasteiger partial charge is 0.453 e. The summed E-state index contributed by atoms with van der Waals surface area (Å²) in [5.41, 5.74) is 6.39. The molecule has 9 atom stereocenters. The lowest BCUT2D eigenvalue weighted by atomic mass is 8.81. The molecule has 21 radical (unpaired) electrons. The van der Waals surface area contributed by atoms with Gasteiger partial charge in [-0.05, 0) is 297 Å². The van der Waals surface area contributed by atoms with Crippen molar-refractivity contribution >= 4 is 180 Å². The number of rotatable bonds is 25. The number of hydrogen-bond donors (Lipinski definition) is 4. The van der Waals surface area contributed by atoms with E-state index in [1.807, 2.05) is 42.1 Å². The molecule has 5 saturated carbocycles. The van der Waals surface area contributed by atoms with Gasteiger partial charge in [0.2, 0.25) is 0 Å². The third-order valence-electron chi connectivity index (χ3n) is 29.2. The first-order valence-corrected chi connectivity index (χ1v) is 50.9. The Bertz CT molecular complexity index is 4860. The van der Waals surface area contributed by atoms with E-state index in [-0.39, 0.29) is 116 Å². The molecule has 24 nitrogen and oxygen atoms in total. The van der Waals surface area contributed by atoms with E-state index in [9.17, 15) is 36.0 Å². The van der Waals surface area contributed by atoms with Crippen molar-refractivity contribution in [2.75, 3.05) is 103 Å². The Hall–Kier alpha value is -8.27. The molecule has 5 saturated heterocycles. The third-order valence-corrected chi connectivity index (χ3v) is 32.8. The zero-order valence-electron chi connectivity index (χ0n) is 82.7. The zero-order chi connectivity index (χ0) is 102. The van der Waals surface area contributed by atoms with Crippen molar-refractivity contribution in [1.82, 2.24) is 31.1 Å². The fourth-order valence-electron chi connectivity index (χ4n) is 21.4. The Balaban J connectivity index is 0.000000315. The lowest BCUT2D eigenvalue weighted by Gasteiger charge is -2.49. The van der Waals surface area contributed by atoms with E-state index in [4.69, 9.17) is 97.1 Å². The molecular weight excluding hydrogens is 1820 g/mol. The maximum absolute atomic E-state index is 14.5. The van der Waals surface area contributed by atoms with Crippen LogP contribution in [0.3, 0.4) is 0 Å². The Morgan fingerprint density at radius 2 is 0.816 bits per heavy atom. The average Bonchev–Trinajstić information content (AvgIpc) is 1.73. The molecule has 0 spiro atoms. The summed E-state index contributed by atoms with van der Waals surface area (Å²) in [5.74, 6) is 3.01. The van der Waals surface area contributed by atoms with Crippen LogP contribution in [0.15, 0.2) is 161 Å². The number of carbonyl (C=O) groups is 3. The second-order valence-electron chi connectivity index (χ2n) is 38.1. The lowest BCUT2D eigenvalue weighted by Crippen LogP contribution is -2.54. The van der Waals surface area contributed by atoms with Crippen LogP contribution in [0.4, 0.5) is 38.9 Å². The summed E-state index contributed by atoms with van der Waals surface area (Å²) in [5, 5.41) is 13.4. The molecule has 5 aliphatic heterocycles. The molecule has 8 N–H and O–H groups in total. The number of carbonyl (C=O) groups excluding carboxylic acids is 9. The van der Waals surface area contributed by atoms with Gasteiger partial charge in [0.15, 0.2) is 9.84 Å². The van der Waals surface area contributed by atoms with Crippen molar-refractivity contribution in [3.8, 4) is 0 Å². The van der Waals surface area contributed by atoms with Crippen LogP contribution in [0.25, 0.3) is 0 Å². The molecule has 6 aromatic carbocycles. The van der Waals surface area contributed by atoms with Crippen LogP contribution in [0.1, 0.15) is 178 Å². The number of thioether (sulfide) groups is 1. The smallest absolute Gasteiger partial charge is 0.407 e. The number of nitrogens with zero attached hydrogens (tertiary/aromatic N) is 4. The van der Waals surface area contributed by atoms with Gasteiger partial charge in [0.25, 0.3) is 0 Å². The summed E-state index contributed by atoms with van der Waals surface area (Å²) < 4.78 is 82.5. The highest BCUT2D eigenvalue weighted by atomic mass is 32.2. The van der Waals surface area contributed by atoms with E-state index in [0.717, 1.165) is 208 Å². The van der Waals surface area contributed by atoms with E-state index >= 15 is 0 Å². The van der Waals surface area contributed by atoms with Gasteiger partial charge in [0, 0.05) is 211 Å². The van der Waals surface area contributed by atoms with E-state index in [0.29, 0.717) is 28.6 Å². The van der Waals surface area contributed by atoms with Gasteiger partial charge in [-0.25, -0.2) is 36.0 Å². The summed E-state index contributed by atoms with van der Waals surface area (Å²) in [6.45, 7) is 21.8. The molecule has 10 fully saturated rings. The Morgan fingerprint density at radius 3 is 1.13 bits per heavy atom. The van der Waals surface area contributed by atoms with E-state index in [2.05, 4.69) is 165 Å². The zero-order valence-corrected chi connectivity index (χ0v) is 84.3. The molecule has 3 amide bonds. The van der Waals surface area contributed by atoms with Crippen LogP contribution in [-0.4, -0.2) is 298 Å². The second-order valence-corrected chi connectivity index (χ2v) is 41.7. The summed E-state index contributed by atoms with van der Waals surface area (Å²) in [4.78, 5) is 96.5. The highest BCUT2D eigenvalue weighted by molar-refractivity contribution is 8.00. The minimum absolute atomic E-state index is 0. The first kappa shape index (κ1) is 123. The van der Waals surface area contributed by atoms with Gasteiger partial charge in [-0.15, -0.1) is 11.8 Å². The summed E-state index contributed by atoms with van der Waals surface area (Å²) >= 11 is 2.04. The van der Waals surface area contributed by atoms with Crippen LogP contribution < -0.4 is 31.1 Å². The lowest BCUT2D eigenvalue weighted by molar-refractivity contribution is -0.193. The number of methoxy groups -OCH3 is 3. The molecule has 0 bridgehead atoms. The molecule has 0 aromatic heterocycles. The van der Waals surface area contributed by atoms with Gasteiger partial charge in [-0.2, -0.15) is 28.8 Å². The number of nitrogens with one attached hydrogen (secondary N) is 4. The predicted molar refractivity (Wildman–Crippen MR) is 563 cm³/mol. The van der Waals surface area contributed by atoms with Gasteiger partial charge in [-0.3, -0.25) is 4.90 Å². The normalized spacial score (nSPS) is 21.1. The minimum atomic E-state index is -3.15. The van der Waals surface area contributed by atoms with Crippen molar-refractivity contribution in [2.24, 2.45) is 47.3 Å². The SMILES string of the molecule is CCC1CN(c2ccc(SC3CC3)cc2)C1.COC(=O)N[C@H]1CCC[C@@H]1[C@](C)(c1cccc(F)c1)C1CCN(CC2CN(c3ccc(S(=O)(=O)C4CC4)cc3)C2)CC1.COC(=O)N[C@H]1CCC[C@@H]1[C@](C)(c1cccc(F)c1)C1CCN(Cc2ccccc2)CC1.COC(=O)N[C@H]1CCC[C@@H]1[C@](C)(c1cccc(F)c1)C1CCNCC1.O.O.O=C=O.O=C=O.O=C=O.[B]B([B])B([B])[B].[B]B([B])[B].[B][B]B([B])[B]. The van der Waals surface area contributed by atoms with Crippen LogP contribution in [0.2, 0.25) is 0 Å². The number of sulfone groups is 1. The summed E-state index contributed by atoms with van der Waals surface area (Å²) in [6, 6.07) is 48.7. The van der Waals surface area contributed by atoms with Crippen molar-refractivity contribution in [2.45, 2.75) is 217 Å². The maximum atomic E-state index is 14.5. The molecule has 16 rings (SSSR count). The fraction of sp³-hybridized carbons (Fsp3) is 0.567. The number of likely N-dealkylation sites (tertiary alicyclic amines) is 2. The van der Waals surface area contributed by atoms with Gasteiger partial charge in [-0.1, -0.05) is 114 Å². The Labute approximate surface area is 854 Å². The molecule has 733 valence electrons. The Kier molecular flexibility index (Phi) is 54.7. The van der Waals surface area contributed by atoms with Gasteiger partial charge in [0.1, 0.15) is 17.5 Å². The monoisotopic (exact) mass is 1950 g/mol. The van der Waals surface area contributed by atoms with Crippen LogP contribution in [0, 0.1) is 64.8 Å².